The first-order valence-corrected chi connectivity index (χ1v) is 6.82. The molecule has 2 N–H and O–H groups in total. The lowest BCUT2D eigenvalue weighted by Gasteiger charge is -2.19. The number of aromatic nitrogens is 1. The molecule has 0 bridgehead atoms. The van der Waals surface area contributed by atoms with Crippen molar-refractivity contribution >= 4 is 27.6 Å². The monoisotopic (exact) mass is 288 g/mol. The number of aryl methyl sites for hydroxylation is 1. The topological polar surface area (TPSA) is 125 Å². The molecule has 1 heterocycles. The Bertz CT molecular complexity index is 652. The first-order chi connectivity index (χ1) is 8.55. The Morgan fingerprint density at radius 1 is 1.26 bits per heavy atom. The van der Waals surface area contributed by atoms with E-state index in [-0.39, 0.29) is 11.4 Å². The summed E-state index contributed by atoms with van der Waals surface area (Å²) in [4.78, 5) is 25.5. The van der Waals surface area contributed by atoms with Crippen molar-refractivity contribution in [2.24, 2.45) is 0 Å². The average Bonchev–Trinajstić information content (AvgIpc) is 2.25. The van der Waals surface area contributed by atoms with Crippen molar-refractivity contribution in [3.63, 3.8) is 0 Å². The van der Waals surface area contributed by atoms with Gasteiger partial charge in [0.15, 0.2) is 5.69 Å². The molecule has 9 heteroatoms. The van der Waals surface area contributed by atoms with Crippen molar-refractivity contribution in [3.05, 3.63) is 23.0 Å². The van der Waals surface area contributed by atoms with Gasteiger partial charge >= 0.3 is 11.9 Å². The number of pyridine rings is 1. The van der Waals surface area contributed by atoms with E-state index in [9.17, 15) is 18.0 Å². The average molecular weight is 288 g/mol. The maximum absolute atomic E-state index is 11.4. The summed E-state index contributed by atoms with van der Waals surface area (Å²) in [5.74, 6) is -2.98. The Balaban J connectivity index is 3.58. The molecule has 0 atom stereocenters. The lowest BCUT2D eigenvalue weighted by atomic mass is 10.1. The van der Waals surface area contributed by atoms with Crippen LogP contribution in [0, 0.1) is 6.92 Å². The molecular weight excluding hydrogens is 276 g/mol. The number of sulfonamides is 1. The van der Waals surface area contributed by atoms with Crippen molar-refractivity contribution in [2.45, 2.75) is 6.92 Å². The van der Waals surface area contributed by atoms with Gasteiger partial charge in [0.25, 0.3) is 0 Å². The van der Waals surface area contributed by atoms with Crippen LogP contribution in [0.2, 0.25) is 0 Å². The van der Waals surface area contributed by atoms with Gasteiger partial charge in [-0.3, -0.25) is 4.31 Å². The van der Waals surface area contributed by atoms with Crippen LogP contribution in [0.25, 0.3) is 0 Å². The summed E-state index contributed by atoms with van der Waals surface area (Å²) in [6.07, 6.45) is 0.942. The van der Waals surface area contributed by atoms with Gasteiger partial charge in [0.1, 0.15) is 0 Å². The largest absolute Gasteiger partial charge is 0.478 e. The first kappa shape index (κ1) is 14.9. The van der Waals surface area contributed by atoms with E-state index >= 15 is 0 Å². The maximum Gasteiger partial charge on any atom is 0.355 e. The summed E-state index contributed by atoms with van der Waals surface area (Å²) in [5.41, 5.74) is -1.07. The minimum Gasteiger partial charge on any atom is -0.478 e. The minimum absolute atomic E-state index is 0.0184. The molecule has 19 heavy (non-hydrogen) atoms. The van der Waals surface area contributed by atoms with Gasteiger partial charge in [-0.2, -0.15) is 0 Å². The lowest BCUT2D eigenvalue weighted by molar-refractivity contribution is 0.0646. The predicted molar refractivity (Wildman–Crippen MR) is 66.1 cm³/mol. The molecule has 8 nitrogen and oxygen atoms in total. The van der Waals surface area contributed by atoms with E-state index in [0.29, 0.717) is 0 Å². The molecule has 0 aliphatic rings. The minimum atomic E-state index is -3.60. The van der Waals surface area contributed by atoms with E-state index in [2.05, 4.69) is 4.98 Å². The van der Waals surface area contributed by atoms with E-state index in [0.717, 1.165) is 16.6 Å². The number of hydrogen-bond donors (Lipinski definition) is 2. The lowest BCUT2D eigenvalue weighted by Crippen LogP contribution is -2.27. The number of anilines is 1. The number of carboxylic acid groups (broad SMARTS) is 2. The molecule has 1 rings (SSSR count). The molecule has 1 aromatic heterocycles. The summed E-state index contributed by atoms with van der Waals surface area (Å²) < 4.78 is 23.7. The summed E-state index contributed by atoms with van der Waals surface area (Å²) >= 11 is 0. The number of carboxylic acids is 2. The molecular formula is C10H12N2O6S. The Morgan fingerprint density at radius 3 is 2.16 bits per heavy atom. The second-order valence-corrected chi connectivity index (χ2v) is 5.84. The Morgan fingerprint density at radius 2 is 1.79 bits per heavy atom. The van der Waals surface area contributed by atoms with E-state index in [1.165, 1.54) is 14.0 Å². The molecule has 104 valence electrons. The highest BCUT2D eigenvalue weighted by atomic mass is 32.2. The number of aromatic carboxylic acids is 2. The molecule has 0 aliphatic carbocycles. The van der Waals surface area contributed by atoms with Gasteiger partial charge in [-0.05, 0) is 13.0 Å². The van der Waals surface area contributed by atoms with Gasteiger partial charge in [0.05, 0.1) is 23.2 Å². The zero-order chi connectivity index (χ0) is 15.0. The van der Waals surface area contributed by atoms with Crippen LogP contribution in [0.3, 0.4) is 0 Å². The van der Waals surface area contributed by atoms with Gasteiger partial charge in [-0.1, -0.05) is 0 Å². The van der Waals surface area contributed by atoms with Gasteiger partial charge in [0.2, 0.25) is 10.0 Å². The number of rotatable bonds is 4. The van der Waals surface area contributed by atoms with Gasteiger partial charge in [-0.15, -0.1) is 0 Å². The van der Waals surface area contributed by atoms with Crippen molar-refractivity contribution in [1.29, 1.82) is 0 Å². The molecule has 0 unspecified atom stereocenters. The molecule has 1 aromatic rings. The first-order valence-electron chi connectivity index (χ1n) is 4.98. The molecule has 0 amide bonds. The molecule has 0 aromatic carbocycles. The van der Waals surface area contributed by atoms with Gasteiger partial charge in [0, 0.05) is 7.05 Å². The summed E-state index contributed by atoms with van der Waals surface area (Å²) in [6, 6.07) is 0.981. The fourth-order valence-electron chi connectivity index (χ4n) is 1.42. The highest BCUT2D eigenvalue weighted by molar-refractivity contribution is 7.92. The number of hydrogen-bond acceptors (Lipinski definition) is 5. The Kier molecular flexibility index (Phi) is 3.80. The van der Waals surface area contributed by atoms with E-state index in [1.807, 2.05) is 0 Å². The Hall–Kier alpha value is -2.16. The third-order valence-electron chi connectivity index (χ3n) is 2.46. The third-order valence-corrected chi connectivity index (χ3v) is 3.65. The molecule has 0 spiro atoms. The molecule has 0 radical (unpaired) electrons. The van der Waals surface area contributed by atoms with Crippen LogP contribution in [0.5, 0.6) is 0 Å². The van der Waals surface area contributed by atoms with E-state index in [1.54, 1.807) is 0 Å². The van der Waals surface area contributed by atoms with Crippen molar-refractivity contribution in [1.82, 2.24) is 4.98 Å². The van der Waals surface area contributed by atoms with Crippen LogP contribution < -0.4 is 4.31 Å². The zero-order valence-electron chi connectivity index (χ0n) is 10.4. The second kappa shape index (κ2) is 4.84. The van der Waals surface area contributed by atoms with Crippen LogP contribution in [-0.2, 0) is 10.0 Å². The number of nitrogens with zero attached hydrogens (tertiary/aromatic N) is 2. The standard InChI is InChI=1S/C10H12N2O6S/c1-5-7(12(2)19(3,17)18)4-6(9(13)14)8(11-5)10(15)16/h4H,1-3H3,(H,13,14)(H,15,16). The van der Waals surface area contributed by atoms with Crippen molar-refractivity contribution < 1.29 is 28.2 Å². The smallest absolute Gasteiger partial charge is 0.355 e. The molecule has 0 aliphatic heterocycles. The van der Waals surface area contributed by atoms with Crippen LogP contribution in [0.4, 0.5) is 5.69 Å². The van der Waals surface area contributed by atoms with Gasteiger partial charge in [-0.25, -0.2) is 23.0 Å². The highest BCUT2D eigenvalue weighted by Gasteiger charge is 2.23. The molecule has 0 fully saturated rings. The van der Waals surface area contributed by atoms with E-state index in [4.69, 9.17) is 10.2 Å². The SMILES string of the molecule is Cc1nc(C(=O)O)c(C(=O)O)cc1N(C)S(C)(=O)=O. The number of carbonyl (C=O) groups is 2. The van der Waals surface area contributed by atoms with Crippen molar-refractivity contribution in [3.8, 4) is 0 Å². The van der Waals surface area contributed by atoms with Gasteiger partial charge < -0.3 is 10.2 Å². The predicted octanol–water partition coefficient (Wildman–Crippen LogP) is 0.182. The maximum atomic E-state index is 11.4. The quantitative estimate of drug-likeness (QED) is 0.809. The van der Waals surface area contributed by atoms with Crippen LogP contribution >= 0.6 is 0 Å². The van der Waals surface area contributed by atoms with Crippen LogP contribution in [0.1, 0.15) is 26.5 Å². The highest BCUT2D eigenvalue weighted by Crippen LogP contribution is 2.23. The third kappa shape index (κ3) is 2.99. The van der Waals surface area contributed by atoms with Crippen LogP contribution in [0.15, 0.2) is 6.07 Å². The second-order valence-electron chi connectivity index (χ2n) is 3.83. The molecule has 0 saturated carbocycles. The van der Waals surface area contributed by atoms with Crippen LogP contribution in [-0.4, -0.2) is 48.9 Å². The summed E-state index contributed by atoms with van der Waals surface area (Å²) in [7, 11) is -2.37. The molecule has 0 saturated heterocycles. The summed E-state index contributed by atoms with van der Waals surface area (Å²) in [5, 5.41) is 17.8. The zero-order valence-corrected chi connectivity index (χ0v) is 11.2. The Labute approximate surface area is 109 Å². The fourth-order valence-corrected chi connectivity index (χ4v) is 1.96. The van der Waals surface area contributed by atoms with E-state index < -0.39 is 33.2 Å². The fraction of sp³-hybridized carbons (Fsp3) is 0.300. The normalized spacial score (nSPS) is 11.1. The summed E-state index contributed by atoms with van der Waals surface area (Å²) in [6.45, 7) is 1.40. The van der Waals surface area contributed by atoms with Crippen molar-refractivity contribution in [2.75, 3.05) is 17.6 Å².